The van der Waals surface area contributed by atoms with E-state index in [4.69, 9.17) is 9.26 Å². The quantitative estimate of drug-likeness (QED) is 0.484. The van der Waals surface area contributed by atoms with Crippen molar-refractivity contribution >= 4 is 12.0 Å². The van der Waals surface area contributed by atoms with Crippen molar-refractivity contribution in [1.29, 1.82) is 0 Å². The summed E-state index contributed by atoms with van der Waals surface area (Å²) >= 11 is 0. The van der Waals surface area contributed by atoms with Gasteiger partial charge in [0, 0.05) is 12.0 Å². The molecule has 2 rings (SSSR count). The highest BCUT2D eigenvalue weighted by molar-refractivity contribution is 5.65. The maximum absolute atomic E-state index is 11.5. The fourth-order valence-corrected chi connectivity index (χ4v) is 1.69. The summed E-state index contributed by atoms with van der Waals surface area (Å²) in [5.41, 5.74) is 0.628. The molecule has 0 aliphatic rings. The molecule has 0 saturated heterocycles. The topological polar surface area (TPSA) is 74.6 Å². The molecule has 2 aromatic rings. The van der Waals surface area contributed by atoms with Crippen LogP contribution >= 0.6 is 0 Å². The first-order chi connectivity index (χ1) is 9.92. The number of hydrogen-bond acceptors (Lipinski definition) is 5. The number of hydrogen-bond donors (Lipinski definition) is 0. The van der Waals surface area contributed by atoms with Crippen LogP contribution < -0.4 is 9.79 Å². The van der Waals surface area contributed by atoms with Crippen LogP contribution in [-0.2, 0) is 17.7 Å². The number of aliphatic imine (C=N–C) groups is 1. The highest BCUT2D eigenvalue weighted by Crippen LogP contribution is 2.10. The molecule has 112 valence electrons. The molecule has 0 fully saturated rings. The van der Waals surface area contributed by atoms with Crippen LogP contribution in [0.4, 0.5) is 5.88 Å². The molecule has 0 unspecified atom stereocenters. The van der Waals surface area contributed by atoms with E-state index in [1.54, 1.807) is 31.6 Å². The first-order valence-corrected chi connectivity index (χ1v) is 6.77. The van der Waals surface area contributed by atoms with E-state index in [0.29, 0.717) is 6.54 Å². The number of nitrogens with zero attached hydrogens (tertiary/aromatic N) is 3. The first kappa shape index (κ1) is 15.0. The molecule has 0 bridgehead atoms. The summed E-state index contributed by atoms with van der Waals surface area (Å²) in [6.45, 7) is 5.99. The van der Waals surface area contributed by atoms with Gasteiger partial charge in [-0.25, -0.2) is 0 Å². The Labute approximate surface area is 123 Å². The Hall–Kier alpha value is -2.37. The Bertz CT molecular complexity index is 600. The van der Waals surface area contributed by atoms with Crippen LogP contribution in [0.5, 0.6) is 0 Å². The van der Waals surface area contributed by atoms with Gasteiger partial charge in [-0.15, -0.1) is 0 Å². The lowest BCUT2D eigenvalue weighted by atomic mass is 10.1. The van der Waals surface area contributed by atoms with Gasteiger partial charge in [-0.3, -0.25) is 4.52 Å². The molecule has 0 saturated carbocycles. The molecule has 0 N–H and O–H groups in total. The van der Waals surface area contributed by atoms with E-state index in [0.717, 1.165) is 6.42 Å². The molecule has 0 aliphatic heterocycles. The van der Waals surface area contributed by atoms with Crippen LogP contribution in [0.1, 0.15) is 26.3 Å². The number of rotatable bonds is 4. The van der Waals surface area contributed by atoms with Gasteiger partial charge in [0.25, 0.3) is 6.20 Å². The first-order valence-electron chi connectivity index (χ1n) is 6.77. The summed E-state index contributed by atoms with van der Waals surface area (Å²) in [6, 6.07) is 10.1. The predicted molar refractivity (Wildman–Crippen MR) is 74.8 cm³/mol. The van der Waals surface area contributed by atoms with Gasteiger partial charge < -0.3 is 9.84 Å². The highest BCUT2D eigenvalue weighted by Gasteiger charge is 2.11. The number of aryl methyl sites for hydroxylation is 2. The lowest BCUT2D eigenvalue weighted by molar-refractivity contribution is -0.761. The minimum atomic E-state index is -0.686. The molecule has 0 spiro atoms. The van der Waals surface area contributed by atoms with Gasteiger partial charge in [0.15, 0.2) is 12.6 Å². The second-order valence-corrected chi connectivity index (χ2v) is 5.63. The molecule has 0 aliphatic carbocycles. The normalized spacial score (nSPS) is 12.4. The van der Waals surface area contributed by atoms with Crippen LogP contribution in [0.2, 0.25) is 0 Å². The summed E-state index contributed by atoms with van der Waals surface area (Å²) in [5, 5.41) is 15.4. The van der Waals surface area contributed by atoms with Crippen molar-refractivity contribution in [1.82, 2.24) is 5.27 Å². The Morgan fingerprint density at radius 1 is 1.33 bits per heavy atom. The Balaban J connectivity index is 1.94. The lowest BCUT2D eigenvalue weighted by Crippen LogP contribution is -2.35. The number of aromatic nitrogens is 2. The average molecular weight is 289 g/mol. The van der Waals surface area contributed by atoms with E-state index < -0.39 is 11.7 Å². The van der Waals surface area contributed by atoms with E-state index in [1.165, 1.54) is 5.56 Å². The van der Waals surface area contributed by atoms with Gasteiger partial charge in [0.05, 0.1) is 0 Å². The van der Waals surface area contributed by atoms with E-state index >= 15 is 0 Å². The van der Waals surface area contributed by atoms with Crippen molar-refractivity contribution in [3.8, 4) is 0 Å². The molecule has 1 aromatic heterocycles. The summed E-state index contributed by atoms with van der Waals surface area (Å²) < 4.78 is 11.7. The van der Waals surface area contributed by atoms with E-state index in [9.17, 15) is 5.11 Å². The van der Waals surface area contributed by atoms with E-state index in [2.05, 4.69) is 10.3 Å². The lowest BCUT2D eigenvalue weighted by Gasteiger charge is -2.28. The zero-order valence-corrected chi connectivity index (χ0v) is 12.4. The van der Waals surface area contributed by atoms with E-state index in [-0.39, 0.29) is 5.88 Å². The van der Waals surface area contributed by atoms with Gasteiger partial charge in [0.1, 0.15) is 0 Å². The predicted octanol–water partition coefficient (Wildman–Crippen LogP) is 1.37. The molecular formula is C15H19N3O3. The van der Waals surface area contributed by atoms with Crippen LogP contribution in [0, 0.1) is 0 Å². The van der Waals surface area contributed by atoms with Crippen LogP contribution in [0.3, 0.4) is 0 Å². The maximum atomic E-state index is 11.5. The summed E-state index contributed by atoms with van der Waals surface area (Å²) in [6.07, 6.45) is 1.71. The van der Waals surface area contributed by atoms with Gasteiger partial charge in [-0.2, -0.15) is 4.99 Å². The summed E-state index contributed by atoms with van der Waals surface area (Å²) in [4.78, 5) is 3.71. The summed E-state index contributed by atoms with van der Waals surface area (Å²) in [5.74, 6) is 0.136. The monoisotopic (exact) mass is 289 g/mol. The standard InChI is InChI=1S/C15H19N3O3/c1-15(2,3)20-14(19)16-13-11-18(17-21-13)10-9-12-7-5-4-6-8-12/h4-8,11H,9-10H2,1-3H3. The average Bonchev–Trinajstić information content (AvgIpc) is 2.83. The van der Waals surface area contributed by atoms with Crippen molar-refractivity contribution in [2.45, 2.75) is 39.3 Å². The van der Waals surface area contributed by atoms with Gasteiger partial charge in [-0.05, 0) is 5.56 Å². The zero-order valence-electron chi connectivity index (χ0n) is 12.4. The SMILES string of the molecule is CC(C)(C)O/C([O-])=N/c1c[n+](CCc2ccccc2)no1. The minimum Gasteiger partial charge on any atom is -0.594 e. The summed E-state index contributed by atoms with van der Waals surface area (Å²) in [7, 11) is 0. The van der Waals surface area contributed by atoms with Gasteiger partial charge in [-0.1, -0.05) is 55.8 Å². The van der Waals surface area contributed by atoms with Crippen molar-refractivity contribution in [3.05, 3.63) is 42.1 Å². The maximum Gasteiger partial charge on any atom is 0.323 e. The van der Waals surface area contributed by atoms with Crippen LogP contribution in [-0.4, -0.2) is 17.0 Å². The second kappa shape index (κ2) is 6.39. The van der Waals surface area contributed by atoms with E-state index in [1.807, 2.05) is 30.3 Å². The minimum absolute atomic E-state index is 0.136. The van der Waals surface area contributed by atoms with Crippen molar-refractivity contribution in [2.75, 3.05) is 0 Å². The highest BCUT2D eigenvalue weighted by atomic mass is 16.6. The second-order valence-electron chi connectivity index (χ2n) is 5.63. The van der Waals surface area contributed by atoms with Gasteiger partial charge in [0.2, 0.25) is 5.27 Å². The van der Waals surface area contributed by atoms with Gasteiger partial charge >= 0.3 is 5.88 Å². The molecule has 0 amide bonds. The molecule has 21 heavy (non-hydrogen) atoms. The third-order valence-corrected chi connectivity index (χ3v) is 2.57. The Kier molecular flexibility index (Phi) is 4.57. The van der Waals surface area contributed by atoms with Crippen molar-refractivity contribution in [2.24, 2.45) is 4.99 Å². The molecule has 1 aromatic carbocycles. The van der Waals surface area contributed by atoms with Crippen LogP contribution in [0.25, 0.3) is 0 Å². The molecule has 0 radical (unpaired) electrons. The number of benzene rings is 1. The third-order valence-electron chi connectivity index (χ3n) is 2.57. The van der Waals surface area contributed by atoms with Crippen molar-refractivity contribution in [3.63, 3.8) is 0 Å². The fraction of sp³-hybridized carbons (Fsp3) is 0.400. The van der Waals surface area contributed by atoms with Crippen molar-refractivity contribution < 1.29 is 19.0 Å². The Morgan fingerprint density at radius 3 is 2.71 bits per heavy atom. The fourth-order valence-electron chi connectivity index (χ4n) is 1.69. The Morgan fingerprint density at radius 2 is 2.05 bits per heavy atom. The zero-order chi connectivity index (χ0) is 15.3. The third kappa shape index (κ3) is 5.25. The molecule has 6 nitrogen and oxygen atoms in total. The molecule has 6 heteroatoms. The molecule has 0 atom stereocenters. The largest absolute Gasteiger partial charge is 0.594 e. The number of ether oxygens (including phenoxy) is 1. The smallest absolute Gasteiger partial charge is 0.323 e. The molecular weight excluding hydrogens is 270 g/mol. The van der Waals surface area contributed by atoms with Crippen LogP contribution in [0.15, 0.2) is 46.0 Å². The molecule has 1 heterocycles.